The van der Waals surface area contributed by atoms with Crippen molar-refractivity contribution in [2.45, 2.75) is 0 Å². The van der Waals surface area contributed by atoms with Crippen LogP contribution >= 0.6 is 27.5 Å². The van der Waals surface area contributed by atoms with Gasteiger partial charge in [0.2, 0.25) is 12.4 Å². The number of nitrogens with zero attached hydrogens (tertiary/aromatic N) is 3. The third-order valence-corrected chi connectivity index (χ3v) is 4.90. The van der Waals surface area contributed by atoms with Gasteiger partial charge in [0.05, 0.1) is 5.69 Å². The first-order chi connectivity index (χ1) is 13.0. The molecule has 0 bridgehead atoms. The van der Waals surface area contributed by atoms with Crippen LogP contribution in [0.1, 0.15) is 10.4 Å². The lowest BCUT2D eigenvalue weighted by molar-refractivity contribution is -0.119. The summed E-state index contributed by atoms with van der Waals surface area (Å²) in [5.41, 5.74) is 1.18. The number of nitrogens with one attached hydrogen (secondary N) is 1. The monoisotopic (exact) mass is 448 g/mol. The second kappa shape index (κ2) is 9.01. The van der Waals surface area contributed by atoms with Gasteiger partial charge >= 0.3 is 0 Å². The normalized spacial score (nSPS) is 14.8. The van der Waals surface area contributed by atoms with Gasteiger partial charge in [0.15, 0.2) is 0 Å². The van der Waals surface area contributed by atoms with Crippen LogP contribution in [0.5, 0.6) is 0 Å². The first-order valence-electron chi connectivity index (χ1n) is 8.40. The van der Waals surface area contributed by atoms with Gasteiger partial charge < -0.3 is 9.80 Å². The summed E-state index contributed by atoms with van der Waals surface area (Å²) in [4.78, 5) is 31.9. The fourth-order valence-corrected chi connectivity index (χ4v) is 3.11. The van der Waals surface area contributed by atoms with Crippen LogP contribution in [0.2, 0.25) is 5.02 Å². The largest absolute Gasteiger partial charge is 0.342 e. The third kappa shape index (κ3) is 5.30. The Morgan fingerprint density at radius 1 is 1.11 bits per heavy atom. The molecule has 1 N–H and O–H groups in total. The van der Waals surface area contributed by atoms with Crippen molar-refractivity contribution >= 4 is 51.5 Å². The van der Waals surface area contributed by atoms with Crippen molar-refractivity contribution in [3.8, 4) is 0 Å². The molecule has 2 amide bonds. The van der Waals surface area contributed by atoms with Gasteiger partial charge in [-0.15, -0.1) is 0 Å². The highest BCUT2D eigenvalue weighted by molar-refractivity contribution is 9.10. The first-order valence-corrected chi connectivity index (χ1v) is 9.58. The zero-order chi connectivity index (χ0) is 19.2. The van der Waals surface area contributed by atoms with E-state index in [1.54, 1.807) is 29.2 Å². The molecule has 1 saturated heterocycles. The highest BCUT2D eigenvalue weighted by Gasteiger charge is 2.21. The summed E-state index contributed by atoms with van der Waals surface area (Å²) in [7, 11) is 0. The molecule has 1 aliphatic heterocycles. The number of hydrogen-bond acceptors (Lipinski definition) is 3. The Labute approximate surface area is 170 Å². The molecule has 8 heteroatoms. The molecule has 0 radical (unpaired) electrons. The van der Waals surface area contributed by atoms with Gasteiger partial charge in [-0.25, -0.2) is 4.99 Å². The van der Waals surface area contributed by atoms with Gasteiger partial charge in [-0.3, -0.25) is 14.9 Å². The van der Waals surface area contributed by atoms with E-state index in [1.165, 1.54) is 0 Å². The van der Waals surface area contributed by atoms with Crippen molar-refractivity contribution in [3.05, 3.63) is 63.6 Å². The highest BCUT2D eigenvalue weighted by atomic mass is 79.9. The van der Waals surface area contributed by atoms with Crippen LogP contribution in [-0.4, -0.2) is 54.3 Å². The summed E-state index contributed by atoms with van der Waals surface area (Å²) in [6.45, 7) is 2.33. The molecule has 0 spiro atoms. The minimum atomic E-state index is -0.286. The maximum absolute atomic E-state index is 12.7. The van der Waals surface area contributed by atoms with Gasteiger partial charge in [-0.1, -0.05) is 33.6 Å². The van der Waals surface area contributed by atoms with Gasteiger partial charge in [0, 0.05) is 41.2 Å². The fourth-order valence-electron chi connectivity index (χ4n) is 2.66. The Morgan fingerprint density at radius 2 is 1.81 bits per heavy atom. The molecular formula is C19H18BrClN4O2. The maximum Gasteiger partial charge on any atom is 0.258 e. The zero-order valence-corrected chi connectivity index (χ0v) is 16.8. The van der Waals surface area contributed by atoms with E-state index in [9.17, 15) is 9.59 Å². The molecular weight excluding hydrogens is 432 g/mol. The maximum atomic E-state index is 12.7. The van der Waals surface area contributed by atoms with E-state index in [2.05, 4.69) is 26.2 Å². The predicted molar refractivity (Wildman–Crippen MR) is 109 cm³/mol. The average Bonchev–Trinajstić information content (AvgIpc) is 2.69. The van der Waals surface area contributed by atoms with Crippen LogP contribution in [-0.2, 0) is 4.79 Å². The van der Waals surface area contributed by atoms with Gasteiger partial charge in [0.1, 0.15) is 0 Å². The summed E-state index contributed by atoms with van der Waals surface area (Å²) in [6.07, 6.45) is 0.841. The average molecular weight is 450 g/mol. The summed E-state index contributed by atoms with van der Waals surface area (Å²) in [6, 6.07) is 14.2. The Bertz CT molecular complexity index is 849. The van der Waals surface area contributed by atoms with E-state index in [4.69, 9.17) is 11.6 Å². The highest BCUT2D eigenvalue weighted by Crippen LogP contribution is 2.18. The molecule has 0 saturated carbocycles. The lowest BCUT2D eigenvalue weighted by atomic mass is 10.2. The Kier molecular flexibility index (Phi) is 6.47. The second-order valence-corrected chi connectivity index (χ2v) is 7.36. The van der Waals surface area contributed by atoms with E-state index in [-0.39, 0.29) is 5.91 Å². The van der Waals surface area contributed by atoms with Crippen LogP contribution in [0.4, 0.5) is 5.69 Å². The number of benzene rings is 2. The lowest BCUT2D eigenvalue weighted by Crippen LogP contribution is -2.53. The molecule has 0 unspecified atom stereocenters. The molecule has 0 aliphatic carbocycles. The number of carbonyl (C=O) groups excluding carboxylic acids is 2. The molecule has 6 nitrogen and oxygen atoms in total. The number of aliphatic imine (C=N–C) groups is 1. The van der Waals surface area contributed by atoms with E-state index in [0.717, 1.165) is 16.6 Å². The SMILES string of the molecule is O=CN1CCN(C(=Nc2ccc(Br)cc2)NC(=O)c2cccc(Cl)c2)CC1. The molecule has 2 aromatic rings. The lowest BCUT2D eigenvalue weighted by Gasteiger charge is -2.34. The van der Waals surface area contributed by atoms with Crippen molar-refractivity contribution in [2.75, 3.05) is 26.2 Å². The van der Waals surface area contributed by atoms with Crippen molar-refractivity contribution in [2.24, 2.45) is 4.99 Å². The standard InChI is InChI=1S/C19H18BrClN4O2/c20-15-4-6-17(7-5-15)22-19(25-10-8-24(13-26)9-11-25)23-18(27)14-2-1-3-16(21)12-14/h1-7,12-13H,8-11H2,(H,22,23,27). The minimum Gasteiger partial charge on any atom is -0.342 e. The molecule has 140 valence electrons. The smallest absolute Gasteiger partial charge is 0.258 e. The summed E-state index contributed by atoms with van der Waals surface area (Å²) in [5.74, 6) is 0.166. The molecule has 0 atom stereocenters. The molecule has 27 heavy (non-hydrogen) atoms. The number of rotatable bonds is 3. The molecule has 1 fully saturated rings. The Hall–Kier alpha value is -2.38. The number of carbonyl (C=O) groups is 2. The van der Waals surface area contributed by atoms with Crippen LogP contribution in [0.3, 0.4) is 0 Å². The molecule has 2 aromatic carbocycles. The van der Waals surface area contributed by atoms with E-state index in [1.807, 2.05) is 29.2 Å². The zero-order valence-electron chi connectivity index (χ0n) is 14.4. The van der Waals surface area contributed by atoms with Crippen molar-refractivity contribution in [1.29, 1.82) is 0 Å². The van der Waals surface area contributed by atoms with Gasteiger partial charge in [0.25, 0.3) is 5.91 Å². The predicted octanol–water partition coefficient (Wildman–Crippen LogP) is 3.29. The summed E-state index contributed by atoms with van der Waals surface area (Å²) < 4.78 is 0.950. The minimum absolute atomic E-state index is 0.286. The number of hydrogen-bond donors (Lipinski definition) is 1. The third-order valence-electron chi connectivity index (χ3n) is 4.14. The van der Waals surface area contributed by atoms with Crippen LogP contribution in [0, 0.1) is 0 Å². The topological polar surface area (TPSA) is 65.0 Å². The summed E-state index contributed by atoms with van der Waals surface area (Å²) in [5, 5.41) is 3.38. The van der Waals surface area contributed by atoms with Gasteiger partial charge in [-0.2, -0.15) is 0 Å². The van der Waals surface area contributed by atoms with Gasteiger partial charge in [-0.05, 0) is 42.5 Å². The molecule has 0 aromatic heterocycles. The molecule has 3 rings (SSSR count). The second-order valence-electron chi connectivity index (χ2n) is 6.00. The first kappa shape index (κ1) is 19.4. The molecule has 1 heterocycles. The number of piperazine rings is 1. The van der Waals surface area contributed by atoms with E-state index >= 15 is 0 Å². The van der Waals surface area contributed by atoms with Crippen molar-refractivity contribution in [3.63, 3.8) is 0 Å². The molecule has 1 aliphatic rings. The number of guanidine groups is 1. The fraction of sp³-hybridized carbons (Fsp3) is 0.211. The Morgan fingerprint density at radius 3 is 2.44 bits per heavy atom. The van der Waals surface area contributed by atoms with Crippen LogP contribution in [0.15, 0.2) is 58.0 Å². The van der Waals surface area contributed by atoms with Crippen LogP contribution < -0.4 is 5.32 Å². The van der Waals surface area contributed by atoms with E-state index < -0.39 is 0 Å². The quantitative estimate of drug-likeness (QED) is 0.444. The number of amides is 2. The van der Waals surface area contributed by atoms with Crippen molar-refractivity contribution < 1.29 is 9.59 Å². The van der Waals surface area contributed by atoms with Crippen molar-refractivity contribution in [1.82, 2.24) is 15.1 Å². The summed E-state index contributed by atoms with van der Waals surface area (Å²) >= 11 is 9.39. The van der Waals surface area contributed by atoms with E-state index in [0.29, 0.717) is 42.7 Å². The van der Waals surface area contributed by atoms with Crippen LogP contribution in [0.25, 0.3) is 0 Å². The Balaban J connectivity index is 1.84. The number of halogens is 2.